The van der Waals surface area contributed by atoms with Gasteiger partial charge in [0.1, 0.15) is 0 Å². The van der Waals surface area contributed by atoms with Crippen molar-refractivity contribution >= 4 is 0 Å². The maximum absolute atomic E-state index is 5.99. The third-order valence-electron chi connectivity index (χ3n) is 5.60. The van der Waals surface area contributed by atoms with Gasteiger partial charge >= 0.3 is 0 Å². The Hall–Kier alpha value is -3.39. The number of aromatic amines is 1. The molecule has 2 heterocycles. The molecule has 8 nitrogen and oxygen atoms in total. The summed E-state index contributed by atoms with van der Waals surface area (Å²) < 4.78 is 28.0. The zero-order valence-electron chi connectivity index (χ0n) is 18.9. The van der Waals surface area contributed by atoms with Crippen LogP contribution in [0.3, 0.4) is 0 Å². The molecule has 1 aliphatic rings. The largest absolute Gasteiger partial charge is 0.493 e. The number of aromatic nitrogens is 2. The van der Waals surface area contributed by atoms with E-state index in [0.29, 0.717) is 23.9 Å². The summed E-state index contributed by atoms with van der Waals surface area (Å²) in [6.07, 6.45) is 2.80. The van der Waals surface area contributed by atoms with E-state index in [-0.39, 0.29) is 0 Å². The van der Waals surface area contributed by atoms with Crippen molar-refractivity contribution in [2.24, 2.45) is 0 Å². The lowest BCUT2D eigenvalue weighted by atomic mass is 10.1. The molecule has 0 amide bonds. The second-order valence-electron chi connectivity index (χ2n) is 7.55. The number of nitrogens with zero attached hydrogens (tertiary/aromatic N) is 2. The summed E-state index contributed by atoms with van der Waals surface area (Å²) in [4.78, 5) is 2.40. The van der Waals surface area contributed by atoms with Crippen molar-refractivity contribution in [3.8, 4) is 40.0 Å². The molecular weight excluding hydrogens is 410 g/mol. The van der Waals surface area contributed by atoms with Crippen LogP contribution in [0.5, 0.6) is 28.7 Å². The monoisotopic (exact) mass is 439 g/mol. The van der Waals surface area contributed by atoms with Crippen molar-refractivity contribution in [1.29, 1.82) is 0 Å². The van der Waals surface area contributed by atoms with Gasteiger partial charge in [0.25, 0.3) is 0 Å². The van der Waals surface area contributed by atoms with Crippen molar-refractivity contribution in [1.82, 2.24) is 15.1 Å². The Kier molecular flexibility index (Phi) is 6.70. The number of H-pyrrole nitrogens is 1. The van der Waals surface area contributed by atoms with Crippen LogP contribution in [0.2, 0.25) is 0 Å². The van der Waals surface area contributed by atoms with Gasteiger partial charge in [-0.1, -0.05) is 12.1 Å². The van der Waals surface area contributed by atoms with Gasteiger partial charge in [-0.05, 0) is 24.6 Å². The van der Waals surface area contributed by atoms with Crippen LogP contribution in [0.1, 0.15) is 17.5 Å². The van der Waals surface area contributed by atoms with Gasteiger partial charge in [0.2, 0.25) is 5.75 Å². The molecule has 0 bridgehead atoms. The second kappa shape index (κ2) is 9.82. The van der Waals surface area contributed by atoms with Crippen molar-refractivity contribution in [2.45, 2.75) is 19.5 Å². The molecule has 32 heavy (non-hydrogen) atoms. The van der Waals surface area contributed by atoms with Crippen LogP contribution in [-0.4, -0.2) is 56.7 Å². The molecule has 170 valence electrons. The maximum Gasteiger partial charge on any atom is 0.203 e. The lowest BCUT2D eigenvalue weighted by Gasteiger charge is -2.27. The molecule has 8 heteroatoms. The molecule has 4 rings (SSSR count). The molecule has 0 spiro atoms. The minimum atomic E-state index is 0.564. The summed E-state index contributed by atoms with van der Waals surface area (Å²) in [6.45, 7) is 3.05. The van der Waals surface area contributed by atoms with Gasteiger partial charge in [-0.25, -0.2) is 0 Å². The molecule has 0 saturated carbocycles. The number of hydrogen-bond acceptors (Lipinski definition) is 7. The average molecular weight is 440 g/mol. The van der Waals surface area contributed by atoms with E-state index in [1.54, 1.807) is 28.4 Å². The number of nitrogens with one attached hydrogen (secondary N) is 1. The van der Waals surface area contributed by atoms with E-state index in [9.17, 15) is 0 Å². The second-order valence-corrected chi connectivity index (χ2v) is 7.55. The van der Waals surface area contributed by atoms with E-state index >= 15 is 0 Å². The summed E-state index contributed by atoms with van der Waals surface area (Å²) in [7, 11) is 6.50. The highest BCUT2D eigenvalue weighted by molar-refractivity contribution is 5.70. The lowest BCUT2D eigenvalue weighted by Crippen LogP contribution is -2.27. The molecule has 1 N–H and O–H groups in total. The van der Waals surface area contributed by atoms with E-state index in [0.717, 1.165) is 59.9 Å². The third kappa shape index (κ3) is 4.31. The maximum atomic E-state index is 5.99. The minimum absolute atomic E-state index is 0.564. The van der Waals surface area contributed by atoms with Crippen LogP contribution >= 0.6 is 0 Å². The molecule has 1 aromatic heterocycles. The van der Waals surface area contributed by atoms with Gasteiger partial charge in [-0.2, -0.15) is 5.10 Å². The van der Waals surface area contributed by atoms with Crippen LogP contribution in [0, 0.1) is 0 Å². The van der Waals surface area contributed by atoms with Crippen LogP contribution in [0.15, 0.2) is 36.5 Å². The molecule has 3 aromatic rings. The molecule has 0 radical (unpaired) electrons. The van der Waals surface area contributed by atoms with E-state index in [4.69, 9.17) is 23.7 Å². The van der Waals surface area contributed by atoms with Gasteiger partial charge in [0.05, 0.1) is 46.9 Å². The van der Waals surface area contributed by atoms with Crippen LogP contribution in [-0.2, 0) is 13.1 Å². The fraction of sp³-hybridized carbons (Fsp3) is 0.375. The Morgan fingerprint density at radius 3 is 2.44 bits per heavy atom. The Morgan fingerprint density at radius 1 is 1.00 bits per heavy atom. The number of rotatable bonds is 7. The summed E-state index contributed by atoms with van der Waals surface area (Å²) in [5.41, 5.74) is 4.05. The number of methoxy groups -OCH3 is 4. The molecular formula is C24H29N3O5. The molecule has 1 aliphatic heterocycles. The first-order valence-corrected chi connectivity index (χ1v) is 10.5. The molecule has 0 atom stereocenters. The fourth-order valence-corrected chi connectivity index (χ4v) is 4.07. The van der Waals surface area contributed by atoms with E-state index in [1.165, 1.54) is 0 Å². The normalized spacial score (nSPS) is 14.0. The van der Waals surface area contributed by atoms with Gasteiger partial charge in [-0.15, -0.1) is 0 Å². The van der Waals surface area contributed by atoms with Crippen molar-refractivity contribution in [3.63, 3.8) is 0 Å². The van der Waals surface area contributed by atoms with E-state index in [2.05, 4.69) is 21.2 Å². The zero-order valence-corrected chi connectivity index (χ0v) is 18.9. The summed E-state index contributed by atoms with van der Waals surface area (Å²) >= 11 is 0. The first kappa shape index (κ1) is 21.8. The quantitative estimate of drug-likeness (QED) is 0.598. The number of fused-ring (bicyclic) bond motifs is 1. The minimum Gasteiger partial charge on any atom is -0.493 e. The first-order chi connectivity index (χ1) is 15.7. The lowest BCUT2D eigenvalue weighted by molar-refractivity contribution is 0.195. The fourth-order valence-electron chi connectivity index (χ4n) is 4.07. The standard InChI is InChI=1S/C24H29N3O5/c1-28-19-8-5-7-16-14-27(9-6-10-32-23(16)19)15-18-13-25-26-22(18)17-11-20(29-2)24(31-4)21(12-17)30-3/h5,7-8,11-13H,6,9-10,14-15H2,1-4H3,(H,25,26). The summed E-state index contributed by atoms with van der Waals surface area (Å²) in [5, 5.41) is 7.47. The van der Waals surface area contributed by atoms with Crippen LogP contribution in [0.25, 0.3) is 11.3 Å². The number of hydrogen-bond donors (Lipinski definition) is 1. The predicted octanol–water partition coefficient (Wildman–Crippen LogP) is 3.90. The van der Waals surface area contributed by atoms with Crippen LogP contribution < -0.4 is 23.7 Å². The Labute approximate surface area is 188 Å². The molecule has 0 aliphatic carbocycles. The Bertz CT molecular complexity index is 1040. The smallest absolute Gasteiger partial charge is 0.203 e. The zero-order chi connectivity index (χ0) is 22.5. The number of ether oxygens (including phenoxy) is 5. The number of para-hydroxylation sites is 1. The Balaban J connectivity index is 1.63. The van der Waals surface area contributed by atoms with Crippen molar-refractivity contribution in [2.75, 3.05) is 41.6 Å². The Morgan fingerprint density at radius 2 is 1.75 bits per heavy atom. The highest BCUT2D eigenvalue weighted by Crippen LogP contribution is 2.41. The predicted molar refractivity (Wildman–Crippen MR) is 121 cm³/mol. The van der Waals surface area contributed by atoms with Gasteiger partial charge in [-0.3, -0.25) is 10.00 Å². The third-order valence-corrected chi connectivity index (χ3v) is 5.60. The first-order valence-electron chi connectivity index (χ1n) is 10.5. The van der Waals surface area contributed by atoms with Gasteiger partial charge < -0.3 is 23.7 Å². The van der Waals surface area contributed by atoms with E-state index in [1.807, 2.05) is 30.5 Å². The van der Waals surface area contributed by atoms with Gasteiger partial charge in [0.15, 0.2) is 23.0 Å². The van der Waals surface area contributed by atoms with Gasteiger partial charge in [0, 0.05) is 36.3 Å². The molecule has 0 saturated heterocycles. The SMILES string of the molecule is COc1cccc2c1OCCCN(Cc1cn[nH]c1-c1cc(OC)c(OC)c(OC)c1)C2. The summed E-state index contributed by atoms with van der Waals surface area (Å²) in [6, 6.07) is 9.88. The highest BCUT2D eigenvalue weighted by atomic mass is 16.5. The van der Waals surface area contributed by atoms with Crippen molar-refractivity contribution < 1.29 is 23.7 Å². The van der Waals surface area contributed by atoms with Crippen molar-refractivity contribution in [3.05, 3.63) is 47.7 Å². The summed E-state index contributed by atoms with van der Waals surface area (Å²) in [5.74, 6) is 3.37. The highest BCUT2D eigenvalue weighted by Gasteiger charge is 2.21. The molecule has 0 fully saturated rings. The molecule has 0 unspecified atom stereocenters. The van der Waals surface area contributed by atoms with E-state index < -0.39 is 0 Å². The topological polar surface area (TPSA) is 78.1 Å². The van der Waals surface area contributed by atoms with Crippen LogP contribution in [0.4, 0.5) is 0 Å². The average Bonchev–Trinajstić information content (AvgIpc) is 3.27. The molecule has 2 aromatic carbocycles. The number of benzene rings is 2.